The monoisotopic (exact) mass is 197 g/mol. The molecule has 0 heterocycles. The van der Waals surface area contributed by atoms with Gasteiger partial charge in [0.1, 0.15) is 0 Å². The van der Waals surface area contributed by atoms with Crippen LogP contribution in [-0.2, 0) is 0 Å². The first-order valence-corrected chi connectivity index (χ1v) is 4.10. The molecule has 0 aromatic heterocycles. The first-order chi connectivity index (χ1) is 6.45. The highest BCUT2D eigenvalue weighted by Gasteiger charge is 2.24. The molecule has 2 N–H and O–H groups in total. The second kappa shape index (κ2) is 3.63. The molecule has 0 aliphatic heterocycles. The molecule has 0 aliphatic rings. The summed E-state index contributed by atoms with van der Waals surface area (Å²) >= 11 is 0. The second-order valence-corrected chi connectivity index (χ2v) is 3.10. The molecule has 0 fully saturated rings. The fraction of sp³-hybridized carbons (Fsp3) is 0.333. The number of phenolic OH excluding ortho intramolecular Hbond substituents is 1. The van der Waals surface area contributed by atoms with E-state index in [1.807, 2.05) is 0 Å². The number of aliphatic hydroxyl groups is 1. The Morgan fingerprint density at radius 3 is 2.43 bits per heavy atom. The molecule has 0 bridgehead atoms. The van der Waals surface area contributed by atoms with E-state index in [9.17, 15) is 20.3 Å². The van der Waals surface area contributed by atoms with Gasteiger partial charge in [-0.2, -0.15) is 0 Å². The Morgan fingerprint density at radius 2 is 2.07 bits per heavy atom. The van der Waals surface area contributed by atoms with Crippen molar-refractivity contribution in [3.05, 3.63) is 33.4 Å². The molecule has 0 saturated carbocycles. The third kappa shape index (κ3) is 1.67. The zero-order valence-corrected chi connectivity index (χ0v) is 7.89. The Hall–Kier alpha value is -1.62. The average molecular weight is 197 g/mol. The van der Waals surface area contributed by atoms with E-state index in [2.05, 4.69) is 0 Å². The van der Waals surface area contributed by atoms with Crippen LogP contribution in [0.4, 0.5) is 5.69 Å². The summed E-state index contributed by atoms with van der Waals surface area (Å²) in [6.07, 6.45) is -0.970. The molecule has 0 aliphatic carbocycles. The molecular formula is C9H11NO4. The summed E-state index contributed by atoms with van der Waals surface area (Å²) in [6, 6.07) is 2.78. The zero-order chi connectivity index (χ0) is 10.9. The van der Waals surface area contributed by atoms with Gasteiger partial charge in [0.15, 0.2) is 5.75 Å². The maximum absolute atomic E-state index is 10.6. The number of phenols is 1. The van der Waals surface area contributed by atoms with Crippen LogP contribution in [0.3, 0.4) is 0 Å². The lowest BCUT2D eigenvalue weighted by molar-refractivity contribution is -0.387. The van der Waals surface area contributed by atoms with Gasteiger partial charge in [0.2, 0.25) is 0 Å². The van der Waals surface area contributed by atoms with E-state index in [4.69, 9.17) is 0 Å². The van der Waals surface area contributed by atoms with Crippen LogP contribution >= 0.6 is 0 Å². The summed E-state index contributed by atoms with van der Waals surface area (Å²) < 4.78 is 0. The standard InChI is InChI=1S/C9H11NO4/c1-5-3-4-7(12)9(10(13)14)8(5)6(2)11/h3-4,6,11-12H,1-2H3. The molecule has 1 aromatic carbocycles. The number of benzene rings is 1. The lowest BCUT2D eigenvalue weighted by atomic mass is 10.0. The SMILES string of the molecule is Cc1ccc(O)c([N+](=O)[O-])c1C(C)O. The van der Waals surface area contributed by atoms with E-state index in [0.29, 0.717) is 5.56 Å². The fourth-order valence-electron chi connectivity index (χ4n) is 1.42. The minimum absolute atomic E-state index is 0.162. The van der Waals surface area contributed by atoms with Crippen LogP contribution in [-0.4, -0.2) is 15.1 Å². The van der Waals surface area contributed by atoms with Crippen molar-refractivity contribution in [2.75, 3.05) is 0 Å². The molecule has 1 unspecified atom stereocenters. The van der Waals surface area contributed by atoms with E-state index in [1.165, 1.54) is 19.1 Å². The van der Waals surface area contributed by atoms with Crippen LogP contribution < -0.4 is 0 Å². The Kier molecular flexibility index (Phi) is 2.71. The van der Waals surface area contributed by atoms with Crippen LogP contribution in [0.25, 0.3) is 0 Å². The summed E-state index contributed by atoms with van der Waals surface area (Å²) in [5.41, 5.74) is 0.333. The number of hydrogen-bond acceptors (Lipinski definition) is 4. The maximum Gasteiger partial charge on any atom is 0.316 e. The van der Waals surface area contributed by atoms with Gasteiger partial charge in [-0.1, -0.05) is 6.07 Å². The number of rotatable bonds is 2. The minimum Gasteiger partial charge on any atom is -0.502 e. The average Bonchev–Trinajstić information content (AvgIpc) is 2.07. The number of nitro benzene ring substituents is 1. The molecule has 0 radical (unpaired) electrons. The lowest BCUT2D eigenvalue weighted by Gasteiger charge is -2.09. The lowest BCUT2D eigenvalue weighted by Crippen LogP contribution is -2.02. The van der Waals surface area contributed by atoms with Gasteiger partial charge in [-0.15, -0.1) is 0 Å². The van der Waals surface area contributed by atoms with Gasteiger partial charge in [0.05, 0.1) is 16.6 Å². The zero-order valence-electron chi connectivity index (χ0n) is 7.89. The predicted octanol–water partition coefficient (Wildman–Crippen LogP) is 1.66. The second-order valence-electron chi connectivity index (χ2n) is 3.10. The maximum atomic E-state index is 10.6. The Morgan fingerprint density at radius 1 is 1.50 bits per heavy atom. The fourth-order valence-corrected chi connectivity index (χ4v) is 1.42. The molecular weight excluding hydrogens is 186 g/mol. The van der Waals surface area contributed by atoms with Crippen molar-refractivity contribution in [1.29, 1.82) is 0 Å². The van der Waals surface area contributed by atoms with Gasteiger partial charge in [-0.25, -0.2) is 0 Å². The van der Waals surface area contributed by atoms with Gasteiger partial charge in [0.25, 0.3) is 0 Å². The van der Waals surface area contributed by atoms with E-state index < -0.39 is 22.5 Å². The van der Waals surface area contributed by atoms with Crippen molar-refractivity contribution in [3.63, 3.8) is 0 Å². The third-order valence-corrected chi connectivity index (χ3v) is 2.01. The smallest absolute Gasteiger partial charge is 0.316 e. The highest BCUT2D eigenvalue weighted by molar-refractivity contribution is 5.56. The summed E-state index contributed by atoms with van der Waals surface area (Å²) in [4.78, 5) is 9.94. The minimum atomic E-state index is -0.970. The topological polar surface area (TPSA) is 83.6 Å². The molecule has 0 saturated heterocycles. The summed E-state index contributed by atoms with van der Waals surface area (Å²) in [5, 5.41) is 29.3. The highest BCUT2D eigenvalue weighted by atomic mass is 16.6. The summed E-state index contributed by atoms with van der Waals surface area (Å²) in [6.45, 7) is 3.07. The normalized spacial score (nSPS) is 12.5. The van der Waals surface area contributed by atoms with E-state index in [1.54, 1.807) is 6.92 Å². The van der Waals surface area contributed by atoms with E-state index in [0.717, 1.165) is 0 Å². The van der Waals surface area contributed by atoms with E-state index >= 15 is 0 Å². The van der Waals surface area contributed by atoms with Crippen molar-refractivity contribution in [3.8, 4) is 5.75 Å². The van der Waals surface area contributed by atoms with Crippen LogP contribution in [0.5, 0.6) is 5.75 Å². The molecule has 76 valence electrons. The highest BCUT2D eigenvalue weighted by Crippen LogP contribution is 2.35. The predicted molar refractivity (Wildman–Crippen MR) is 50.1 cm³/mol. The molecule has 1 rings (SSSR count). The van der Waals surface area contributed by atoms with Crippen LogP contribution in [0.15, 0.2) is 12.1 Å². The van der Waals surface area contributed by atoms with Crippen LogP contribution in [0.1, 0.15) is 24.2 Å². The number of aryl methyl sites for hydroxylation is 1. The first kappa shape index (κ1) is 10.5. The molecule has 5 nitrogen and oxygen atoms in total. The summed E-state index contributed by atoms with van der Waals surface area (Å²) in [7, 11) is 0. The Labute approximate surface area is 80.8 Å². The van der Waals surface area contributed by atoms with Gasteiger partial charge < -0.3 is 10.2 Å². The molecule has 1 atom stereocenters. The number of nitro groups is 1. The van der Waals surface area contributed by atoms with Crippen molar-refractivity contribution < 1.29 is 15.1 Å². The molecule has 0 amide bonds. The van der Waals surface area contributed by atoms with Gasteiger partial charge in [-0.05, 0) is 25.5 Å². The third-order valence-electron chi connectivity index (χ3n) is 2.01. The number of nitrogens with zero attached hydrogens (tertiary/aromatic N) is 1. The van der Waals surface area contributed by atoms with Crippen molar-refractivity contribution in [1.82, 2.24) is 0 Å². The molecule has 1 aromatic rings. The van der Waals surface area contributed by atoms with Crippen LogP contribution in [0, 0.1) is 17.0 Å². The van der Waals surface area contributed by atoms with Gasteiger partial charge >= 0.3 is 5.69 Å². The van der Waals surface area contributed by atoms with Crippen molar-refractivity contribution in [2.45, 2.75) is 20.0 Å². The van der Waals surface area contributed by atoms with Crippen molar-refractivity contribution >= 4 is 5.69 Å². The number of aromatic hydroxyl groups is 1. The van der Waals surface area contributed by atoms with Gasteiger partial charge in [-0.3, -0.25) is 10.1 Å². The molecule has 5 heteroatoms. The molecule has 14 heavy (non-hydrogen) atoms. The Balaban J connectivity index is 3.50. The van der Waals surface area contributed by atoms with E-state index in [-0.39, 0.29) is 5.56 Å². The Bertz CT molecular complexity index is 373. The first-order valence-electron chi connectivity index (χ1n) is 4.10. The van der Waals surface area contributed by atoms with Crippen molar-refractivity contribution in [2.24, 2.45) is 0 Å². The number of hydrogen-bond donors (Lipinski definition) is 2. The quantitative estimate of drug-likeness (QED) is 0.557. The number of aliphatic hydroxyl groups excluding tert-OH is 1. The summed E-state index contributed by atoms with van der Waals surface area (Å²) in [5.74, 6) is -0.420. The van der Waals surface area contributed by atoms with Crippen LogP contribution in [0.2, 0.25) is 0 Å². The molecule has 0 spiro atoms. The van der Waals surface area contributed by atoms with Gasteiger partial charge in [0, 0.05) is 0 Å². The largest absolute Gasteiger partial charge is 0.502 e.